The molecule has 2 aliphatic rings. The molecule has 130 valence electrons. The molecule has 1 aromatic rings. The molecule has 1 fully saturated rings. The summed E-state index contributed by atoms with van der Waals surface area (Å²) in [7, 11) is 0. The number of nitrogens with one attached hydrogen (secondary N) is 2. The topological polar surface area (TPSA) is 64.9 Å². The standard InChI is InChI=1S/C19H27N3OS/c1-13-6-2-4-8-16(13)21-11-10-18(23)22-19-15(12-20)14-7-3-5-9-17(14)24-19/h13,16,21H,2-11H2,1H3,(H,22,23). The Bertz CT molecular complexity index is 631. The van der Waals surface area contributed by atoms with E-state index >= 15 is 0 Å². The largest absolute Gasteiger partial charge is 0.317 e. The highest BCUT2D eigenvalue weighted by atomic mass is 32.1. The maximum Gasteiger partial charge on any atom is 0.226 e. The van der Waals surface area contributed by atoms with Gasteiger partial charge in [0.05, 0.1) is 5.56 Å². The summed E-state index contributed by atoms with van der Waals surface area (Å²) in [6, 6.07) is 2.85. The smallest absolute Gasteiger partial charge is 0.226 e. The Morgan fingerprint density at radius 2 is 2.04 bits per heavy atom. The molecule has 2 unspecified atom stereocenters. The van der Waals surface area contributed by atoms with Gasteiger partial charge in [0.1, 0.15) is 11.1 Å². The number of carbonyl (C=O) groups is 1. The van der Waals surface area contributed by atoms with E-state index in [4.69, 9.17) is 0 Å². The van der Waals surface area contributed by atoms with Crippen molar-refractivity contribution in [2.45, 2.75) is 70.8 Å². The summed E-state index contributed by atoms with van der Waals surface area (Å²) < 4.78 is 0. The number of rotatable bonds is 5. The highest BCUT2D eigenvalue weighted by Gasteiger charge is 2.23. The van der Waals surface area contributed by atoms with Crippen molar-refractivity contribution in [3.63, 3.8) is 0 Å². The highest BCUT2D eigenvalue weighted by molar-refractivity contribution is 7.16. The average molecular weight is 346 g/mol. The quantitative estimate of drug-likeness (QED) is 0.848. The summed E-state index contributed by atoms with van der Waals surface area (Å²) in [5.41, 5.74) is 1.88. The molecule has 4 nitrogen and oxygen atoms in total. The number of thiophene rings is 1. The first-order valence-corrected chi connectivity index (χ1v) is 10.1. The van der Waals surface area contributed by atoms with Gasteiger partial charge >= 0.3 is 0 Å². The van der Waals surface area contributed by atoms with Crippen molar-refractivity contribution in [1.82, 2.24) is 5.32 Å². The third kappa shape index (κ3) is 3.99. The van der Waals surface area contributed by atoms with Gasteiger partial charge in [0.25, 0.3) is 0 Å². The highest BCUT2D eigenvalue weighted by Crippen LogP contribution is 2.37. The van der Waals surface area contributed by atoms with Crippen LogP contribution < -0.4 is 10.6 Å². The molecule has 2 atom stereocenters. The number of hydrogen-bond donors (Lipinski definition) is 2. The van der Waals surface area contributed by atoms with Crippen LogP contribution in [0.1, 0.15) is 67.9 Å². The number of hydrogen-bond acceptors (Lipinski definition) is 4. The van der Waals surface area contributed by atoms with Gasteiger partial charge in [0, 0.05) is 23.9 Å². The molecule has 5 heteroatoms. The molecule has 1 saturated carbocycles. The molecular formula is C19H27N3OS. The van der Waals surface area contributed by atoms with Crippen LogP contribution in [0.25, 0.3) is 0 Å². The van der Waals surface area contributed by atoms with Crippen LogP contribution in [0.5, 0.6) is 0 Å². The number of anilines is 1. The Hall–Kier alpha value is -1.38. The van der Waals surface area contributed by atoms with Crippen molar-refractivity contribution in [1.29, 1.82) is 5.26 Å². The van der Waals surface area contributed by atoms with Crippen LogP contribution in [0.3, 0.4) is 0 Å². The van der Waals surface area contributed by atoms with Crippen LogP contribution in [-0.2, 0) is 17.6 Å². The Kier molecular flexibility index (Phi) is 5.91. The monoisotopic (exact) mass is 345 g/mol. The minimum Gasteiger partial charge on any atom is -0.317 e. The Morgan fingerprint density at radius 3 is 2.83 bits per heavy atom. The van der Waals surface area contributed by atoms with Crippen molar-refractivity contribution >= 4 is 22.2 Å². The second-order valence-electron chi connectivity index (χ2n) is 7.15. The number of nitriles is 1. The van der Waals surface area contributed by atoms with E-state index in [1.807, 2.05) is 0 Å². The van der Waals surface area contributed by atoms with E-state index in [1.54, 1.807) is 11.3 Å². The third-order valence-electron chi connectivity index (χ3n) is 5.41. The van der Waals surface area contributed by atoms with Crippen molar-refractivity contribution in [2.75, 3.05) is 11.9 Å². The average Bonchev–Trinajstić information content (AvgIpc) is 2.93. The molecule has 1 aromatic heterocycles. The van der Waals surface area contributed by atoms with Crippen LogP contribution >= 0.6 is 11.3 Å². The molecule has 0 radical (unpaired) electrons. The molecule has 2 aliphatic carbocycles. The molecule has 24 heavy (non-hydrogen) atoms. The zero-order chi connectivity index (χ0) is 16.9. The fourth-order valence-electron chi connectivity index (χ4n) is 3.95. The van der Waals surface area contributed by atoms with Gasteiger partial charge in [-0.15, -0.1) is 11.3 Å². The lowest BCUT2D eigenvalue weighted by Gasteiger charge is -2.29. The normalized spacial score (nSPS) is 23.3. The predicted octanol–water partition coefficient (Wildman–Crippen LogP) is 4.00. The van der Waals surface area contributed by atoms with Crippen molar-refractivity contribution in [3.8, 4) is 6.07 Å². The van der Waals surface area contributed by atoms with Crippen LogP contribution in [-0.4, -0.2) is 18.5 Å². The van der Waals surface area contributed by atoms with Gasteiger partial charge in [-0.3, -0.25) is 4.79 Å². The first kappa shape index (κ1) is 17.4. The minimum absolute atomic E-state index is 0.0149. The number of nitrogens with zero attached hydrogens (tertiary/aromatic N) is 1. The van der Waals surface area contributed by atoms with E-state index in [0.29, 0.717) is 30.5 Å². The Labute approximate surface area is 148 Å². The zero-order valence-corrected chi connectivity index (χ0v) is 15.3. The molecule has 0 spiro atoms. The number of aryl methyl sites for hydroxylation is 1. The third-order valence-corrected chi connectivity index (χ3v) is 6.61. The molecule has 2 N–H and O–H groups in total. The number of amides is 1. The number of fused-ring (bicyclic) bond motifs is 1. The summed E-state index contributed by atoms with van der Waals surface area (Å²) in [5.74, 6) is 0.720. The van der Waals surface area contributed by atoms with Crippen LogP contribution in [0, 0.1) is 17.2 Å². The summed E-state index contributed by atoms with van der Waals surface area (Å²) >= 11 is 1.60. The second-order valence-corrected chi connectivity index (χ2v) is 8.25. The van der Waals surface area contributed by atoms with E-state index in [1.165, 1.54) is 42.5 Å². The SMILES string of the molecule is CC1CCCCC1NCCC(=O)Nc1sc2c(c1C#N)CCCC2. The van der Waals surface area contributed by atoms with E-state index in [2.05, 4.69) is 23.6 Å². The zero-order valence-electron chi connectivity index (χ0n) is 14.5. The summed E-state index contributed by atoms with van der Waals surface area (Å²) in [6.45, 7) is 3.01. The Balaban J connectivity index is 1.52. The molecule has 0 aromatic carbocycles. The maximum atomic E-state index is 12.3. The first-order valence-electron chi connectivity index (χ1n) is 9.27. The van der Waals surface area contributed by atoms with Crippen molar-refractivity contribution in [2.24, 2.45) is 5.92 Å². The van der Waals surface area contributed by atoms with E-state index in [0.717, 1.165) is 24.3 Å². The van der Waals surface area contributed by atoms with Gasteiger partial charge in [-0.1, -0.05) is 19.8 Å². The molecule has 0 aliphatic heterocycles. The van der Waals surface area contributed by atoms with E-state index in [9.17, 15) is 10.1 Å². The predicted molar refractivity (Wildman–Crippen MR) is 98.3 cm³/mol. The molecule has 0 bridgehead atoms. The van der Waals surface area contributed by atoms with Crippen molar-refractivity contribution in [3.05, 3.63) is 16.0 Å². The number of carbonyl (C=O) groups excluding carboxylic acids is 1. The van der Waals surface area contributed by atoms with Crippen LogP contribution in [0.2, 0.25) is 0 Å². The Morgan fingerprint density at radius 1 is 1.25 bits per heavy atom. The lowest BCUT2D eigenvalue weighted by molar-refractivity contribution is -0.116. The summed E-state index contributed by atoms with van der Waals surface area (Å²) in [5, 5.41) is 16.7. The van der Waals surface area contributed by atoms with Crippen LogP contribution in [0.15, 0.2) is 0 Å². The molecular weight excluding hydrogens is 318 g/mol. The second kappa shape index (κ2) is 8.13. The molecule has 1 amide bonds. The lowest BCUT2D eigenvalue weighted by Crippen LogP contribution is -2.38. The molecule has 3 rings (SSSR count). The van der Waals surface area contributed by atoms with Crippen LogP contribution in [0.4, 0.5) is 5.00 Å². The summed E-state index contributed by atoms with van der Waals surface area (Å²) in [4.78, 5) is 13.6. The van der Waals surface area contributed by atoms with Gasteiger partial charge in [-0.25, -0.2) is 0 Å². The fourth-order valence-corrected chi connectivity index (χ4v) is 5.21. The van der Waals surface area contributed by atoms with Gasteiger partial charge in [0.2, 0.25) is 5.91 Å². The summed E-state index contributed by atoms with van der Waals surface area (Å²) in [6.07, 6.45) is 9.97. The van der Waals surface area contributed by atoms with Gasteiger partial charge in [-0.05, 0) is 50.0 Å². The first-order chi connectivity index (χ1) is 11.7. The van der Waals surface area contributed by atoms with E-state index < -0.39 is 0 Å². The maximum absolute atomic E-state index is 12.3. The van der Waals surface area contributed by atoms with Gasteiger partial charge in [-0.2, -0.15) is 5.26 Å². The van der Waals surface area contributed by atoms with Gasteiger partial charge in [0.15, 0.2) is 0 Å². The lowest BCUT2D eigenvalue weighted by atomic mass is 9.86. The minimum atomic E-state index is 0.0149. The molecule has 1 heterocycles. The van der Waals surface area contributed by atoms with E-state index in [-0.39, 0.29) is 5.91 Å². The van der Waals surface area contributed by atoms with Crippen molar-refractivity contribution < 1.29 is 4.79 Å². The molecule has 0 saturated heterocycles. The fraction of sp³-hybridized carbons (Fsp3) is 0.684. The van der Waals surface area contributed by atoms with Gasteiger partial charge < -0.3 is 10.6 Å².